The molecule has 0 heterocycles. The van der Waals surface area contributed by atoms with E-state index in [4.69, 9.17) is 18.9 Å². The van der Waals surface area contributed by atoms with Gasteiger partial charge in [-0.15, -0.1) is 0 Å². The van der Waals surface area contributed by atoms with Gasteiger partial charge in [0, 0.05) is 12.8 Å². The van der Waals surface area contributed by atoms with Gasteiger partial charge < -0.3 is 33.3 Å². The lowest BCUT2D eigenvalue weighted by Gasteiger charge is -2.26. The standard InChI is InChI=1S/C48H93NO8/c1-6-8-10-12-13-14-15-16-17-18-19-20-21-22-23-24-25-26-27-28-29-30-31-32-33-35-37-39-46(51)57-44(42-55-45(50)38-36-34-11-9-7-2)43-56-48(47(52)53)54-41-40-49(3,4)5/h44,48H,6-43H2,1-5H3. The summed E-state index contributed by atoms with van der Waals surface area (Å²) in [5.41, 5.74) is 0. The summed E-state index contributed by atoms with van der Waals surface area (Å²) < 4.78 is 22.4. The van der Waals surface area contributed by atoms with E-state index < -0.39 is 24.3 Å². The van der Waals surface area contributed by atoms with Crippen LogP contribution in [-0.2, 0) is 33.3 Å². The Hall–Kier alpha value is -1.71. The molecule has 57 heavy (non-hydrogen) atoms. The molecule has 0 radical (unpaired) electrons. The number of hydrogen-bond acceptors (Lipinski definition) is 8. The van der Waals surface area contributed by atoms with Crippen molar-refractivity contribution in [2.75, 3.05) is 47.5 Å². The van der Waals surface area contributed by atoms with Crippen LogP contribution in [0.3, 0.4) is 0 Å². The number of quaternary nitrogens is 1. The van der Waals surface area contributed by atoms with Crippen molar-refractivity contribution in [3.63, 3.8) is 0 Å². The zero-order valence-electron chi connectivity index (χ0n) is 38.2. The van der Waals surface area contributed by atoms with Crippen LogP contribution in [0.15, 0.2) is 0 Å². The van der Waals surface area contributed by atoms with Crippen molar-refractivity contribution in [3.05, 3.63) is 0 Å². The highest BCUT2D eigenvalue weighted by molar-refractivity contribution is 5.70. The van der Waals surface area contributed by atoms with Crippen LogP contribution in [0, 0.1) is 0 Å². The first-order valence-electron chi connectivity index (χ1n) is 24.2. The Balaban J connectivity index is 3.98. The molecule has 0 saturated heterocycles. The SMILES string of the molecule is CCCCCCCCCCCCCCCCCCCCCCCCCCCCCC(=O)OC(COC(=O)CCCCCCC)COC(OCC[N+](C)(C)C)C(=O)[O-]. The molecule has 338 valence electrons. The monoisotopic (exact) mass is 812 g/mol. The predicted octanol–water partition coefficient (Wildman–Crippen LogP) is 11.6. The van der Waals surface area contributed by atoms with E-state index >= 15 is 0 Å². The summed E-state index contributed by atoms with van der Waals surface area (Å²) in [6, 6.07) is 0. The molecular formula is C48H93NO8. The Labute approximate surface area is 352 Å². The Kier molecular flexibility index (Phi) is 39.8. The van der Waals surface area contributed by atoms with Gasteiger partial charge in [0.1, 0.15) is 13.2 Å². The van der Waals surface area contributed by atoms with E-state index in [1.54, 1.807) is 0 Å². The van der Waals surface area contributed by atoms with Crippen molar-refractivity contribution < 1.29 is 42.9 Å². The second kappa shape index (κ2) is 41.0. The van der Waals surface area contributed by atoms with Crippen molar-refractivity contribution in [2.24, 2.45) is 0 Å². The average Bonchev–Trinajstić information content (AvgIpc) is 3.17. The van der Waals surface area contributed by atoms with Gasteiger partial charge in [-0.1, -0.05) is 206 Å². The third-order valence-electron chi connectivity index (χ3n) is 10.9. The summed E-state index contributed by atoms with van der Waals surface area (Å²) in [4.78, 5) is 36.6. The number of hydrogen-bond donors (Lipinski definition) is 0. The smallest absolute Gasteiger partial charge is 0.306 e. The van der Waals surface area contributed by atoms with Gasteiger partial charge in [0.25, 0.3) is 0 Å². The zero-order valence-corrected chi connectivity index (χ0v) is 38.2. The molecule has 0 bridgehead atoms. The molecule has 9 heteroatoms. The highest BCUT2D eigenvalue weighted by Crippen LogP contribution is 2.17. The van der Waals surface area contributed by atoms with Crippen molar-refractivity contribution in [2.45, 2.75) is 245 Å². The number of esters is 2. The topological polar surface area (TPSA) is 111 Å². The summed E-state index contributed by atoms with van der Waals surface area (Å²) in [6.07, 6.45) is 39.2. The number of aliphatic carboxylic acids is 1. The minimum absolute atomic E-state index is 0.152. The van der Waals surface area contributed by atoms with E-state index in [9.17, 15) is 19.5 Å². The molecule has 0 rings (SSSR count). The summed E-state index contributed by atoms with van der Waals surface area (Å²) in [6.45, 7) is 4.68. The number of carbonyl (C=O) groups excluding carboxylic acids is 3. The van der Waals surface area contributed by atoms with Crippen LogP contribution in [0.1, 0.15) is 232 Å². The lowest BCUT2D eigenvalue weighted by molar-refractivity contribution is -0.870. The lowest BCUT2D eigenvalue weighted by atomic mass is 10.0. The van der Waals surface area contributed by atoms with Gasteiger partial charge in [-0.2, -0.15) is 0 Å². The first-order valence-corrected chi connectivity index (χ1v) is 24.2. The highest BCUT2D eigenvalue weighted by Gasteiger charge is 2.21. The minimum Gasteiger partial charge on any atom is -0.545 e. The van der Waals surface area contributed by atoms with E-state index in [0.717, 1.165) is 51.4 Å². The van der Waals surface area contributed by atoms with Crippen LogP contribution < -0.4 is 5.11 Å². The molecule has 0 aliphatic heterocycles. The van der Waals surface area contributed by atoms with Gasteiger partial charge in [0.15, 0.2) is 12.4 Å². The second-order valence-corrected chi connectivity index (χ2v) is 17.8. The molecule has 2 unspecified atom stereocenters. The van der Waals surface area contributed by atoms with Crippen molar-refractivity contribution in [1.82, 2.24) is 0 Å². The Morgan fingerprint density at radius 3 is 1.12 bits per heavy atom. The second-order valence-electron chi connectivity index (χ2n) is 17.8. The molecule has 0 N–H and O–H groups in total. The Morgan fingerprint density at radius 1 is 0.456 bits per heavy atom. The number of rotatable bonds is 45. The molecule has 0 amide bonds. The van der Waals surface area contributed by atoms with Crippen LogP contribution in [0.25, 0.3) is 0 Å². The van der Waals surface area contributed by atoms with Crippen LogP contribution in [0.4, 0.5) is 0 Å². The number of carboxylic acid groups (broad SMARTS) is 1. The first-order chi connectivity index (χ1) is 27.6. The summed E-state index contributed by atoms with van der Waals surface area (Å²) in [5, 5.41) is 11.6. The molecule has 0 aliphatic rings. The minimum atomic E-state index is -1.61. The van der Waals surface area contributed by atoms with E-state index in [1.807, 2.05) is 21.1 Å². The maximum absolute atomic E-state index is 12.7. The van der Waals surface area contributed by atoms with Gasteiger partial charge in [-0.3, -0.25) is 9.59 Å². The first kappa shape index (κ1) is 55.3. The molecule has 0 aromatic carbocycles. The molecule has 0 aromatic heterocycles. The van der Waals surface area contributed by atoms with E-state index in [0.29, 0.717) is 17.4 Å². The summed E-state index contributed by atoms with van der Waals surface area (Å²) in [7, 11) is 5.91. The average molecular weight is 812 g/mol. The van der Waals surface area contributed by atoms with E-state index in [1.165, 1.54) is 154 Å². The fourth-order valence-electron chi connectivity index (χ4n) is 7.07. The number of unbranched alkanes of at least 4 members (excludes halogenated alkanes) is 30. The van der Waals surface area contributed by atoms with Gasteiger partial charge >= 0.3 is 11.9 Å². The summed E-state index contributed by atoms with van der Waals surface area (Å²) >= 11 is 0. The number of nitrogens with zero attached hydrogens (tertiary/aromatic N) is 1. The number of ether oxygens (including phenoxy) is 4. The van der Waals surface area contributed by atoms with Crippen LogP contribution in [0.2, 0.25) is 0 Å². The van der Waals surface area contributed by atoms with Crippen LogP contribution >= 0.6 is 0 Å². The molecule has 0 spiro atoms. The molecule has 0 aliphatic carbocycles. The Bertz CT molecular complexity index is 907. The lowest BCUT2D eigenvalue weighted by Crippen LogP contribution is -2.44. The van der Waals surface area contributed by atoms with Crippen molar-refractivity contribution in [3.8, 4) is 0 Å². The van der Waals surface area contributed by atoms with Gasteiger partial charge in [-0.05, 0) is 12.8 Å². The maximum atomic E-state index is 12.7. The van der Waals surface area contributed by atoms with Gasteiger partial charge in [0.2, 0.25) is 0 Å². The molecule has 0 saturated carbocycles. The number of carbonyl (C=O) groups is 3. The predicted molar refractivity (Wildman–Crippen MR) is 233 cm³/mol. The van der Waals surface area contributed by atoms with Crippen LogP contribution in [-0.4, -0.2) is 82.3 Å². The van der Waals surface area contributed by atoms with E-state index in [2.05, 4.69) is 13.8 Å². The van der Waals surface area contributed by atoms with Crippen LogP contribution in [0.5, 0.6) is 0 Å². The number of carboxylic acids is 1. The fraction of sp³-hybridized carbons (Fsp3) is 0.938. The fourth-order valence-corrected chi connectivity index (χ4v) is 7.07. The van der Waals surface area contributed by atoms with Crippen molar-refractivity contribution in [1.29, 1.82) is 0 Å². The van der Waals surface area contributed by atoms with E-state index in [-0.39, 0.29) is 32.2 Å². The molecular weight excluding hydrogens is 719 g/mol. The summed E-state index contributed by atoms with van der Waals surface area (Å²) in [5.74, 6) is -2.28. The zero-order chi connectivity index (χ0) is 42.1. The quantitative estimate of drug-likeness (QED) is 0.0259. The molecule has 2 atom stereocenters. The number of likely N-dealkylation sites (N-methyl/N-ethyl adjacent to an activating group) is 1. The molecule has 0 aromatic rings. The molecule has 0 fully saturated rings. The van der Waals surface area contributed by atoms with Gasteiger partial charge in [-0.25, -0.2) is 0 Å². The Morgan fingerprint density at radius 2 is 0.789 bits per heavy atom. The normalized spacial score (nSPS) is 12.8. The third-order valence-corrected chi connectivity index (χ3v) is 10.9. The van der Waals surface area contributed by atoms with Crippen molar-refractivity contribution >= 4 is 17.9 Å². The largest absolute Gasteiger partial charge is 0.545 e. The third kappa shape index (κ3) is 42.2. The van der Waals surface area contributed by atoms with Gasteiger partial charge in [0.05, 0.1) is 40.3 Å². The maximum Gasteiger partial charge on any atom is 0.306 e. The highest BCUT2D eigenvalue weighted by atomic mass is 16.7. The molecule has 9 nitrogen and oxygen atoms in total.